The van der Waals surface area contributed by atoms with Crippen LogP contribution in [0.1, 0.15) is 245 Å². The zero-order valence-corrected chi connectivity index (χ0v) is 44.9. The Morgan fingerprint density at radius 2 is 0.861 bits per heavy atom. The smallest absolute Gasteiger partial charge is 0.475 e. The Balaban J connectivity index is 0. The molecule has 18 heteroatoms. The molecular formula is C54H101F3N8O7. The number of unbranched alkanes of at least 4 members (excludes halogenated alkanes) is 28. The summed E-state index contributed by atoms with van der Waals surface area (Å²) in [6.45, 7) is 6.41. The van der Waals surface area contributed by atoms with Crippen LogP contribution >= 0.6 is 0 Å². The molecule has 0 bridgehead atoms. The van der Waals surface area contributed by atoms with Gasteiger partial charge in [-0.2, -0.15) is 13.2 Å². The Bertz CT molecular complexity index is 1390. The van der Waals surface area contributed by atoms with Gasteiger partial charge in [-0.1, -0.05) is 194 Å². The number of alkyl halides is 3. The third-order valence-corrected chi connectivity index (χ3v) is 12.4. The lowest BCUT2D eigenvalue weighted by atomic mass is 10.0. The van der Waals surface area contributed by atoms with E-state index in [2.05, 4.69) is 34.8 Å². The van der Waals surface area contributed by atoms with Crippen LogP contribution in [0.5, 0.6) is 0 Å². The average molecular weight is 1030 g/mol. The van der Waals surface area contributed by atoms with Crippen LogP contribution in [0.25, 0.3) is 0 Å². The summed E-state index contributed by atoms with van der Waals surface area (Å²) in [7, 11) is 0. The van der Waals surface area contributed by atoms with E-state index in [1.54, 1.807) is 4.90 Å². The van der Waals surface area contributed by atoms with Crippen molar-refractivity contribution >= 4 is 41.5 Å². The summed E-state index contributed by atoms with van der Waals surface area (Å²) in [4.78, 5) is 77.3. The van der Waals surface area contributed by atoms with Crippen molar-refractivity contribution < 1.29 is 47.0 Å². The van der Waals surface area contributed by atoms with Gasteiger partial charge in [-0.15, -0.1) is 0 Å². The SMILES string of the molecule is CCCCCCCCCCCCCCCCCC(=O)NCCCN(CCCNC(=O)CCCCCCCCCCCCCCCCC)C(=O)/C=C\C(=O)N[C@@H](CCCN=C(N)N)C(N)=O.O=C(O)C(F)(F)F. The van der Waals surface area contributed by atoms with Crippen LogP contribution in [0.2, 0.25) is 0 Å². The Morgan fingerprint density at radius 1 is 0.528 bits per heavy atom. The van der Waals surface area contributed by atoms with Gasteiger partial charge in [-0.25, -0.2) is 4.79 Å². The summed E-state index contributed by atoms with van der Waals surface area (Å²) in [5.41, 5.74) is 16.2. The Hall–Kier alpha value is -4.38. The number of aliphatic carboxylic acids is 1. The molecule has 0 spiro atoms. The molecule has 72 heavy (non-hydrogen) atoms. The van der Waals surface area contributed by atoms with E-state index in [1.807, 2.05) is 0 Å². The fourth-order valence-corrected chi connectivity index (χ4v) is 8.08. The van der Waals surface area contributed by atoms with Gasteiger partial charge in [0.2, 0.25) is 29.5 Å². The Labute approximate surface area is 432 Å². The molecule has 0 rings (SSSR count). The minimum Gasteiger partial charge on any atom is -0.475 e. The minimum atomic E-state index is -5.08. The first-order chi connectivity index (χ1) is 34.5. The van der Waals surface area contributed by atoms with Gasteiger partial charge in [0.1, 0.15) is 6.04 Å². The second-order valence-corrected chi connectivity index (χ2v) is 19.2. The number of hydrogen-bond acceptors (Lipinski definition) is 7. The van der Waals surface area contributed by atoms with E-state index in [0.29, 0.717) is 58.3 Å². The van der Waals surface area contributed by atoms with E-state index in [4.69, 9.17) is 27.1 Å². The molecule has 0 heterocycles. The second kappa shape index (κ2) is 50.2. The molecule has 0 fully saturated rings. The van der Waals surface area contributed by atoms with E-state index in [9.17, 15) is 37.1 Å². The zero-order chi connectivity index (χ0) is 53.9. The van der Waals surface area contributed by atoms with E-state index in [-0.39, 0.29) is 36.6 Å². The van der Waals surface area contributed by atoms with Crippen LogP contribution in [0.4, 0.5) is 13.2 Å². The van der Waals surface area contributed by atoms with E-state index < -0.39 is 30.0 Å². The molecule has 0 aromatic carbocycles. The number of amides is 5. The maximum Gasteiger partial charge on any atom is 0.490 e. The van der Waals surface area contributed by atoms with Gasteiger partial charge >= 0.3 is 12.1 Å². The molecular weight excluding hydrogens is 930 g/mol. The van der Waals surface area contributed by atoms with Gasteiger partial charge in [0.25, 0.3) is 0 Å². The fourth-order valence-electron chi connectivity index (χ4n) is 8.08. The van der Waals surface area contributed by atoms with E-state index in [1.165, 1.54) is 160 Å². The molecule has 5 amide bonds. The lowest BCUT2D eigenvalue weighted by Crippen LogP contribution is -2.44. The third kappa shape index (κ3) is 50.6. The van der Waals surface area contributed by atoms with Gasteiger partial charge in [0.05, 0.1) is 0 Å². The number of halogens is 3. The molecule has 0 aliphatic rings. The minimum absolute atomic E-state index is 0.0215. The molecule has 0 aromatic heterocycles. The lowest BCUT2D eigenvalue weighted by Gasteiger charge is -2.21. The van der Waals surface area contributed by atoms with Gasteiger partial charge < -0.3 is 43.2 Å². The summed E-state index contributed by atoms with van der Waals surface area (Å²) in [6, 6.07) is -0.941. The quantitative estimate of drug-likeness (QED) is 0.0132. The van der Waals surface area contributed by atoms with Crippen molar-refractivity contribution in [3.8, 4) is 0 Å². The van der Waals surface area contributed by atoms with Gasteiger partial charge in [-0.3, -0.25) is 29.0 Å². The molecule has 0 radical (unpaired) electrons. The molecule has 420 valence electrons. The van der Waals surface area contributed by atoms with Crippen LogP contribution in [0, 0.1) is 0 Å². The van der Waals surface area contributed by atoms with Crippen molar-refractivity contribution in [2.45, 2.75) is 257 Å². The van der Waals surface area contributed by atoms with Gasteiger partial charge in [0.15, 0.2) is 5.96 Å². The average Bonchev–Trinajstić information content (AvgIpc) is 3.33. The predicted molar refractivity (Wildman–Crippen MR) is 285 cm³/mol. The molecule has 0 aliphatic carbocycles. The number of carboxylic acids is 1. The number of guanidine groups is 1. The second-order valence-electron chi connectivity index (χ2n) is 19.2. The van der Waals surface area contributed by atoms with Crippen molar-refractivity contribution in [3.05, 3.63) is 12.2 Å². The lowest BCUT2D eigenvalue weighted by molar-refractivity contribution is -0.192. The van der Waals surface area contributed by atoms with Crippen molar-refractivity contribution in [1.29, 1.82) is 0 Å². The number of carboxylic acid groups (broad SMARTS) is 1. The summed E-state index contributed by atoms with van der Waals surface area (Å²) in [6.07, 6.45) is 38.4. The maximum atomic E-state index is 13.3. The van der Waals surface area contributed by atoms with E-state index >= 15 is 0 Å². The first-order valence-electron chi connectivity index (χ1n) is 28.0. The van der Waals surface area contributed by atoms with Gasteiger partial charge in [0, 0.05) is 57.7 Å². The number of nitrogens with one attached hydrogen (secondary N) is 3. The fraction of sp³-hybridized carbons (Fsp3) is 0.833. The molecule has 0 aromatic rings. The molecule has 1 atom stereocenters. The standard InChI is InChI=1S/C52H100N8O5.C2HF3O2/c1-3-5-7-9-11-13-15-17-19-21-23-25-27-29-31-37-47(61)56-42-34-44-60(50(64)40-39-49(63)59-46(51(53)65)36-33-41-58-52(54)55)45-35-43-57-48(62)38-32-30-28-26-24-22-20-18-16-14-12-10-8-6-4-2;3-2(4,5)1(6)7/h39-40,46H,3-38,41-45H2,1-2H3,(H2,53,65)(H,56,61)(H,57,62)(H,59,63)(H4,54,55,58);(H,6,7)/b40-39-;/t46-;/m0./s1. The van der Waals surface area contributed by atoms with Crippen LogP contribution < -0.4 is 33.2 Å². The van der Waals surface area contributed by atoms with Crippen molar-refractivity contribution in [2.75, 3.05) is 32.7 Å². The van der Waals surface area contributed by atoms with Crippen LogP contribution in [0.3, 0.4) is 0 Å². The highest BCUT2D eigenvalue weighted by molar-refractivity contribution is 5.98. The number of hydrogen-bond donors (Lipinski definition) is 7. The zero-order valence-electron chi connectivity index (χ0n) is 44.9. The molecule has 0 aliphatic heterocycles. The summed E-state index contributed by atoms with van der Waals surface area (Å²) in [5.74, 6) is -4.48. The number of rotatable bonds is 48. The number of nitrogens with two attached hydrogens (primary N) is 3. The Morgan fingerprint density at radius 3 is 1.17 bits per heavy atom. The third-order valence-electron chi connectivity index (χ3n) is 12.4. The summed E-state index contributed by atoms with van der Waals surface area (Å²) in [5, 5.41) is 15.7. The van der Waals surface area contributed by atoms with Crippen molar-refractivity contribution in [3.63, 3.8) is 0 Å². The van der Waals surface area contributed by atoms with Crippen molar-refractivity contribution in [1.82, 2.24) is 20.9 Å². The number of carbonyl (C=O) groups excluding carboxylic acids is 5. The monoisotopic (exact) mass is 1030 g/mol. The van der Waals surface area contributed by atoms with Gasteiger partial charge in [-0.05, 0) is 38.5 Å². The number of aliphatic imine (C=N–C) groups is 1. The highest BCUT2D eigenvalue weighted by Crippen LogP contribution is 2.16. The molecule has 15 nitrogen and oxygen atoms in total. The highest BCUT2D eigenvalue weighted by atomic mass is 19.4. The molecule has 10 N–H and O–H groups in total. The Kier molecular flexibility index (Phi) is 48.6. The first-order valence-corrected chi connectivity index (χ1v) is 28.0. The summed E-state index contributed by atoms with van der Waals surface area (Å²) >= 11 is 0. The highest BCUT2D eigenvalue weighted by Gasteiger charge is 2.38. The maximum absolute atomic E-state index is 13.3. The largest absolute Gasteiger partial charge is 0.490 e. The predicted octanol–water partition coefficient (Wildman–Crippen LogP) is 10.6. The number of nitrogens with zero attached hydrogens (tertiary/aromatic N) is 2. The van der Waals surface area contributed by atoms with Crippen LogP contribution in [-0.2, 0) is 28.8 Å². The number of carbonyl (C=O) groups is 6. The molecule has 0 saturated heterocycles. The first kappa shape index (κ1) is 69.7. The summed E-state index contributed by atoms with van der Waals surface area (Å²) < 4.78 is 31.7. The molecule has 0 saturated carbocycles. The van der Waals surface area contributed by atoms with E-state index in [0.717, 1.165) is 44.6 Å². The van der Waals surface area contributed by atoms with Crippen LogP contribution in [-0.4, -0.2) is 96.4 Å². The molecule has 0 unspecified atom stereocenters. The van der Waals surface area contributed by atoms with Crippen LogP contribution in [0.15, 0.2) is 17.1 Å². The topological polar surface area (TPSA) is 252 Å². The number of primary amides is 1. The van der Waals surface area contributed by atoms with Crippen molar-refractivity contribution in [2.24, 2.45) is 22.2 Å². The normalized spacial score (nSPS) is 11.6.